The zero-order valence-corrected chi connectivity index (χ0v) is 19.8. The zero-order valence-electron chi connectivity index (χ0n) is 18.8. The second-order valence-corrected chi connectivity index (χ2v) is 14.8. The van der Waals surface area contributed by atoms with Gasteiger partial charge < -0.3 is 4.74 Å². The Bertz CT molecular complexity index is 1210. The average Bonchev–Trinajstić information content (AvgIpc) is 3.25. The number of unbranched alkanes of at least 4 members (excludes halogenated alkanes) is 1. The molecular formula is C25H28N4O2Si. The van der Waals surface area contributed by atoms with Gasteiger partial charge in [-0.3, -0.25) is 9.48 Å². The largest absolute Gasteiger partial charge is 0.439 e. The highest BCUT2D eigenvalue weighted by molar-refractivity contribution is 6.76. The van der Waals surface area contributed by atoms with Crippen LogP contribution < -0.4 is 4.74 Å². The van der Waals surface area contributed by atoms with Gasteiger partial charge in [-0.05, 0) is 42.8 Å². The molecule has 0 bridgehead atoms. The maximum Gasteiger partial charge on any atom is 0.219 e. The smallest absolute Gasteiger partial charge is 0.219 e. The van der Waals surface area contributed by atoms with E-state index in [0.717, 1.165) is 41.4 Å². The van der Waals surface area contributed by atoms with Crippen LogP contribution in [-0.2, 0) is 6.54 Å². The number of nitrogens with zero attached hydrogens (tertiary/aromatic N) is 4. The van der Waals surface area contributed by atoms with Gasteiger partial charge in [-0.2, -0.15) is 5.10 Å². The van der Waals surface area contributed by atoms with Gasteiger partial charge >= 0.3 is 0 Å². The van der Waals surface area contributed by atoms with Crippen molar-refractivity contribution in [2.45, 2.75) is 45.1 Å². The summed E-state index contributed by atoms with van der Waals surface area (Å²) < 4.78 is 7.99. The first kappa shape index (κ1) is 21.9. The van der Waals surface area contributed by atoms with Crippen LogP contribution in [0.2, 0.25) is 25.7 Å². The van der Waals surface area contributed by atoms with Gasteiger partial charge in [0.2, 0.25) is 5.88 Å². The minimum absolute atomic E-state index is 0.415. The van der Waals surface area contributed by atoms with Crippen LogP contribution >= 0.6 is 0 Å². The molecule has 0 saturated carbocycles. The van der Waals surface area contributed by atoms with Gasteiger partial charge in [-0.1, -0.05) is 38.2 Å². The summed E-state index contributed by atoms with van der Waals surface area (Å²) in [6.07, 6.45) is 6.80. The Morgan fingerprint density at radius 1 is 1.03 bits per heavy atom. The molecule has 0 spiro atoms. The molecule has 1 aromatic carbocycles. The molecule has 0 unspecified atom stereocenters. The first-order valence-corrected chi connectivity index (χ1v) is 14.6. The van der Waals surface area contributed by atoms with E-state index < -0.39 is 8.07 Å². The van der Waals surface area contributed by atoms with Gasteiger partial charge in [0.05, 0.1) is 11.2 Å². The number of ether oxygens (including phenoxy) is 1. The lowest BCUT2D eigenvalue weighted by Gasteiger charge is -2.15. The fourth-order valence-corrected chi connectivity index (χ4v) is 4.95. The van der Waals surface area contributed by atoms with Crippen LogP contribution in [0.4, 0.5) is 0 Å². The number of aldehydes is 1. The van der Waals surface area contributed by atoms with E-state index in [1.165, 1.54) is 12.5 Å². The predicted molar refractivity (Wildman–Crippen MR) is 130 cm³/mol. The van der Waals surface area contributed by atoms with Crippen LogP contribution in [0.1, 0.15) is 23.3 Å². The minimum atomic E-state index is -0.986. The van der Waals surface area contributed by atoms with Crippen molar-refractivity contribution in [2.75, 3.05) is 0 Å². The van der Waals surface area contributed by atoms with Crippen molar-refractivity contribution >= 4 is 25.3 Å². The fourth-order valence-electron chi connectivity index (χ4n) is 3.63. The van der Waals surface area contributed by atoms with Gasteiger partial charge in [0.25, 0.3) is 0 Å². The van der Waals surface area contributed by atoms with Crippen LogP contribution in [0.3, 0.4) is 0 Å². The highest BCUT2D eigenvalue weighted by Crippen LogP contribution is 2.26. The second kappa shape index (κ2) is 9.44. The number of carbonyl (C=O) groups excluding carboxylic acids is 1. The normalized spacial score (nSPS) is 11.6. The Kier molecular flexibility index (Phi) is 6.46. The summed E-state index contributed by atoms with van der Waals surface area (Å²) in [6, 6.07) is 16.4. The average molecular weight is 445 g/mol. The third kappa shape index (κ3) is 5.48. The van der Waals surface area contributed by atoms with E-state index in [1.54, 1.807) is 6.07 Å². The Balaban J connectivity index is 1.42. The van der Waals surface area contributed by atoms with Gasteiger partial charge in [0.1, 0.15) is 11.4 Å². The number of benzene rings is 1. The number of rotatable bonds is 9. The molecule has 7 heteroatoms. The van der Waals surface area contributed by atoms with Gasteiger partial charge in [0, 0.05) is 44.0 Å². The highest BCUT2D eigenvalue weighted by atomic mass is 28.3. The van der Waals surface area contributed by atoms with E-state index in [4.69, 9.17) is 4.74 Å². The summed E-state index contributed by atoms with van der Waals surface area (Å²) >= 11 is 0. The Hall–Kier alpha value is -3.32. The maximum atomic E-state index is 10.9. The summed E-state index contributed by atoms with van der Waals surface area (Å²) in [5.41, 5.74) is 3.26. The molecular weight excluding hydrogens is 416 g/mol. The molecule has 0 N–H and O–H groups in total. The van der Waals surface area contributed by atoms with Crippen molar-refractivity contribution in [3.05, 3.63) is 66.6 Å². The molecule has 0 aliphatic rings. The first-order chi connectivity index (χ1) is 15.4. The molecule has 0 atom stereocenters. The SMILES string of the molecule is C[Si](C)(C)CCCCn1nccc1-c1ccc(Oc2ccc3nc(C=O)ccc3c2)nc1. The Morgan fingerprint density at radius 3 is 2.66 bits per heavy atom. The third-order valence-corrected chi connectivity index (χ3v) is 7.17. The summed E-state index contributed by atoms with van der Waals surface area (Å²) in [6.45, 7) is 8.17. The monoisotopic (exact) mass is 444 g/mol. The van der Waals surface area contributed by atoms with Crippen LogP contribution in [0.15, 0.2) is 60.9 Å². The molecule has 0 aliphatic carbocycles. The molecule has 4 rings (SSSR count). The number of pyridine rings is 2. The van der Waals surface area contributed by atoms with E-state index in [9.17, 15) is 4.79 Å². The number of carbonyl (C=O) groups is 1. The standard InChI is InChI=1S/C25H28N4O2Si/c1-32(2,3)15-5-4-14-29-24(12-13-27-29)20-7-11-25(26-17-20)31-22-9-10-23-19(16-22)6-8-21(18-30)28-23/h6-13,16-18H,4-5,14-15H2,1-3H3. The van der Waals surface area contributed by atoms with Crippen molar-refractivity contribution < 1.29 is 9.53 Å². The lowest BCUT2D eigenvalue weighted by atomic mass is 10.2. The zero-order chi connectivity index (χ0) is 22.6. The lowest BCUT2D eigenvalue weighted by Crippen LogP contribution is -2.18. The van der Waals surface area contributed by atoms with E-state index in [1.807, 2.05) is 54.9 Å². The lowest BCUT2D eigenvalue weighted by molar-refractivity contribution is 0.111. The van der Waals surface area contributed by atoms with Crippen LogP contribution in [-0.4, -0.2) is 34.1 Å². The highest BCUT2D eigenvalue weighted by Gasteiger charge is 2.12. The van der Waals surface area contributed by atoms with Crippen LogP contribution in [0.5, 0.6) is 11.6 Å². The Labute approximate surface area is 189 Å². The number of hydrogen-bond donors (Lipinski definition) is 0. The Morgan fingerprint density at radius 2 is 1.91 bits per heavy atom. The summed E-state index contributed by atoms with van der Waals surface area (Å²) in [5, 5.41) is 5.40. The fraction of sp³-hybridized carbons (Fsp3) is 0.280. The first-order valence-electron chi connectivity index (χ1n) is 10.9. The number of aromatic nitrogens is 4. The summed E-state index contributed by atoms with van der Waals surface area (Å²) in [4.78, 5) is 19.7. The summed E-state index contributed by atoms with van der Waals surface area (Å²) in [5.74, 6) is 1.19. The minimum Gasteiger partial charge on any atom is -0.439 e. The molecule has 4 aromatic rings. The molecule has 0 radical (unpaired) electrons. The van der Waals surface area contributed by atoms with Gasteiger partial charge in [0.15, 0.2) is 6.29 Å². The van der Waals surface area contributed by atoms with Crippen LogP contribution in [0.25, 0.3) is 22.2 Å². The second-order valence-electron chi connectivity index (χ2n) is 9.15. The van der Waals surface area contributed by atoms with Gasteiger partial charge in [-0.25, -0.2) is 9.97 Å². The maximum absolute atomic E-state index is 10.9. The number of fused-ring (bicyclic) bond motifs is 1. The number of aryl methyl sites for hydroxylation is 1. The molecule has 0 saturated heterocycles. The molecule has 6 nitrogen and oxygen atoms in total. The molecule has 3 aromatic heterocycles. The topological polar surface area (TPSA) is 69.9 Å². The molecule has 32 heavy (non-hydrogen) atoms. The van der Waals surface area contributed by atoms with Crippen molar-refractivity contribution in [1.82, 2.24) is 19.7 Å². The molecule has 0 fully saturated rings. The van der Waals surface area contributed by atoms with Crippen molar-refractivity contribution in [3.63, 3.8) is 0 Å². The van der Waals surface area contributed by atoms with E-state index in [-0.39, 0.29) is 0 Å². The van der Waals surface area contributed by atoms with Crippen molar-refractivity contribution in [3.8, 4) is 22.9 Å². The summed E-state index contributed by atoms with van der Waals surface area (Å²) in [7, 11) is -0.986. The number of hydrogen-bond acceptors (Lipinski definition) is 5. The van der Waals surface area contributed by atoms with Crippen LogP contribution in [0, 0.1) is 0 Å². The molecule has 3 heterocycles. The van der Waals surface area contributed by atoms with E-state index in [2.05, 4.69) is 39.4 Å². The predicted octanol–water partition coefficient (Wildman–Crippen LogP) is 6.22. The third-order valence-electron chi connectivity index (χ3n) is 5.32. The van der Waals surface area contributed by atoms with E-state index >= 15 is 0 Å². The van der Waals surface area contributed by atoms with E-state index in [0.29, 0.717) is 17.3 Å². The molecule has 0 amide bonds. The van der Waals surface area contributed by atoms with Crippen molar-refractivity contribution in [1.29, 1.82) is 0 Å². The van der Waals surface area contributed by atoms with Gasteiger partial charge in [-0.15, -0.1) is 0 Å². The van der Waals surface area contributed by atoms with Crippen molar-refractivity contribution in [2.24, 2.45) is 0 Å². The molecule has 164 valence electrons. The molecule has 0 aliphatic heterocycles. The quantitative estimate of drug-likeness (QED) is 0.174.